The first-order valence-corrected chi connectivity index (χ1v) is 6.97. The molecule has 0 N–H and O–H groups in total. The number of hydrogen-bond donors (Lipinski definition) is 0. The van der Waals surface area contributed by atoms with E-state index in [9.17, 15) is 13.2 Å². The molecule has 1 aliphatic carbocycles. The molecule has 82 valence electrons. The van der Waals surface area contributed by atoms with E-state index in [0.29, 0.717) is 19.3 Å². The maximum Gasteiger partial charge on any atom is 0.153 e. The standard InChI is InChI=1S/C10H13NO3S/c11-7-10(4-1-2-9(10)12)8-3-5-15(13,14)6-8/h8H,1-6H2. The van der Waals surface area contributed by atoms with Crippen molar-refractivity contribution in [2.24, 2.45) is 11.3 Å². The summed E-state index contributed by atoms with van der Waals surface area (Å²) < 4.78 is 22.7. The van der Waals surface area contributed by atoms with E-state index in [4.69, 9.17) is 5.26 Å². The zero-order valence-electron chi connectivity index (χ0n) is 8.40. The van der Waals surface area contributed by atoms with E-state index in [0.717, 1.165) is 6.42 Å². The first-order valence-electron chi connectivity index (χ1n) is 5.15. The average molecular weight is 227 g/mol. The summed E-state index contributed by atoms with van der Waals surface area (Å²) in [6.45, 7) is 0. The Morgan fingerprint density at radius 2 is 2.20 bits per heavy atom. The summed E-state index contributed by atoms with van der Waals surface area (Å²) >= 11 is 0. The van der Waals surface area contributed by atoms with Gasteiger partial charge in [-0.25, -0.2) is 8.42 Å². The van der Waals surface area contributed by atoms with Crippen molar-refractivity contribution >= 4 is 15.6 Å². The second-order valence-corrected chi connectivity index (χ2v) is 6.69. The number of nitrogens with zero attached hydrogens (tertiary/aromatic N) is 1. The SMILES string of the molecule is N#CC1(C2CCS(=O)(=O)C2)CCCC1=O. The van der Waals surface area contributed by atoms with Gasteiger partial charge in [-0.2, -0.15) is 5.26 Å². The van der Waals surface area contributed by atoms with Gasteiger partial charge in [-0.15, -0.1) is 0 Å². The lowest BCUT2D eigenvalue weighted by Gasteiger charge is -2.24. The van der Waals surface area contributed by atoms with Gasteiger partial charge < -0.3 is 0 Å². The molecule has 0 bridgehead atoms. The number of hydrogen-bond acceptors (Lipinski definition) is 4. The van der Waals surface area contributed by atoms with Gasteiger partial charge >= 0.3 is 0 Å². The zero-order valence-corrected chi connectivity index (χ0v) is 9.22. The number of carbonyl (C=O) groups is 1. The Hall–Kier alpha value is -0.890. The zero-order chi connectivity index (χ0) is 11.1. The summed E-state index contributed by atoms with van der Waals surface area (Å²) in [5.41, 5.74) is -0.983. The van der Waals surface area contributed by atoms with E-state index >= 15 is 0 Å². The minimum absolute atomic E-state index is 0.0201. The normalized spacial score (nSPS) is 39.1. The molecule has 2 atom stereocenters. The van der Waals surface area contributed by atoms with Gasteiger partial charge in [0.05, 0.1) is 17.6 Å². The molecule has 0 aromatic carbocycles. The molecule has 2 rings (SSSR count). The maximum atomic E-state index is 11.7. The minimum Gasteiger partial charge on any atom is -0.298 e. The summed E-state index contributed by atoms with van der Waals surface area (Å²) in [7, 11) is -3.01. The molecular formula is C10H13NO3S. The van der Waals surface area contributed by atoms with Gasteiger partial charge in [0.1, 0.15) is 5.41 Å². The number of nitriles is 1. The van der Waals surface area contributed by atoms with Crippen LogP contribution in [0.25, 0.3) is 0 Å². The highest BCUT2D eigenvalue weighted by Gasteiger charge is 2.51. The van der Waals surface area contributed by atoms with E-state index < -0.39 is 15.3 Å². The number of carbonyl (C=O) groups excluding carboxylic acids is 1. The Kier molecular flexibility index (Phi) is 2.34. The van der Waals surface area contributed by atoms with Crippen LogP contribution in [-0.4, -0.2) is 25.7 Å². The fraction of sp³-hybridized carbons (Fsp3) is 0.800. The number of ketones is 1. The predicted molar refractivity (Wildman–Crippen MR) is 53.7 cm³/mol. The van der Waals surface area contributed by atoms with Gasteiger partial charge in [0.15, 0.2) is 15.6 Å². The van der Waals surface area contributed by atoms with Crippen molar-refractivity contribution in [1.82, 2.24) is 0 Å². The van der Waals surface area contributed by atoms with Gasteiger partial charge in [-0.05, 0) is 25.2 Å². The summed E-state index contributed by atoms with van der Waals surface area (Å²) in [6.07, 6.45) is 2.18. The molecule has 5 heteroatoms. The smallest absolute Gasteiger partial charge is 0.153 e. The van der Waals surface area contributed by atoms with Crippen LogP contribution in [0.15, 0.2) is 0 Å². The van der Waals surface area contributed by atoms with Crippen molar-refractivity contribution in [2.45, 2.75) is 25.7 Å². The average Bonchev–Trinajstić information content (AvgIpc) is 2.70. The second-order valence-electron chi connectivity index (χ2n) is 4.46. The lowest BCUT2D eigenvalue weighted by Crippen LogP contribution is -2.34. The fourth-order valence-electron chi connectivity index (χ4n) is 2.72. The highest BCUT2D eigenvalue weighted by molar-refractivity contribution is 7.91. The maximum absolute atomic E-state index is 11.7. The topological polar surface area (TPSA) is 75.0 Å². The van der Waals surface area contributed by atoms with E-state index in [1.807, 2.05) is 0 Å². The van der Waals surface area contributed by atoms with E-state index in [-0.39, 0.29) is 23.2 Å². The first-order chi connectivity index (χ1) is 7.00. The quantitative estimate of drug-likeness (QED) is 0.660. The molecule has 1 aliphatic heterocycles. The van der Waals surface area contributed by atoms with Crippen molar-refractivity contribution < 1.29 is 13.2 Å². The first kappa shape index (κ1) is 10.6. The molecule has 2 aliphatic rings. The number of sulfone groups is 1. The van der Waals surface area contributed by atoms with Gasteiger partial charge in [0.25, 0.3) is 0 Å². The summed E-state index contributed by atoms with van der Waals surface area (Å²) in [6, 6.07) is 2.09. The van der Waals surface area contributed by atoms with E-state index in [2.05, 4.69) is 6.07 Å². The fourth-order valence-corrected chi connectivity index (χ4v) is 4.59. The van der Waals surface area contributed by atoms with Crippen molar-refractivity contribution in [3.8, 4) is 6.07 Å². The van der Waals surface area contributed by atoms with Crippen LogP contribution in [0, 0.1) is 22.7 Å². The van der Waals surface area contributed by atoms with Crippen molar-refractivity contribution in [2.75, 3.05) is 11.5 Å². The van der Waals surface area contributed by atoms with Gasteiger partial charge in [-0.3, -0.25) is 4.79 Å². The molecule has 2 fully saturated rings. The largest absolute Gasteiger partial charge is 0.298 e. The summed E-state index contributed by atoms with van der Waals surface area (Å²) in [5.74, 6) is -0.157. The number of rotatable bonds is 1. The predicted octanol–water partition coefficient (Wildman–Crippen LogP) is 0.684. The van der Waals surface area contributed by atoms with Crippen LogP contribution in [0.4, 0.5) is 0 Å². The van der Waals surface area contributed by atoms with Crippen molar-refractivity contribution in [3.05, 3.63) is 0 Å². The molecular weight excluding hydrogens is 214 g/mol. The molecule has 1 saturated carbocycles. The van der Waals surface area contributed by atoms with Crippen LogP contribution in [-0.2, 0) is 14.6 Å². The second kappa shape index (κ2) is 3.31. The summed E-state index contributed by atoms with van der Waals surface area (Å²) in [4.78, 5) is 11.7. The van der Waals surface area contributed by atoms with Crippen molar-refractivity contribution in [1.29, 1.82) is 5.26 Å². The molecule has 0 aromatic heterocycles. The molecule has 4 nitrogen and oxygen atoms in total. The summed E-state index contributed by atoms with van der Waals surface area (Å²) in [5, 5.41) is 9.15. The third-order valence-electron chi connectivity index (χ3n) is 3.60. The minimum atomic E-state index is -3.01. The molecule has 0 aromatic rings. The van der Waals surface area contributed by atoms with Crippen LogP contribution in [0.5, 0.6) is 0 Å². The van der Waals surface area contributed by atoms with Crippen LogP contribution in [0.3, 0.4) is 0 Å². The Morgan fingerprint density at radius 1 is 1.47 bits per heavy atom. The molecule has 0 radical (unpaired) electrons. The van der Waals surface area contributed by atoms with Gasteiger partial charge in [-0.1, -0.05) is 0 Å². The Labute approximate surface area is 89.2 Å². The monoisotopic (exact) mass is 227 g/mol. The van der Waals surface area contributed by atoms with Crippen LogP contribution in [0.2, 0.25) is 0 Å². The lowest BCUT2D eigenvalue weighted by atomic mass is 9.74. The van der Waals surface area contributed by atoms with Gasteiger partial charge in [0.2, 0.25) is 0 Å². The molecule has 0 amide bonds. The Balaban J connectivity index is 2.30. The lowest BCUT2D eigenvalue weighted by molar-refractivity contribution is -0.125. The number of Topliss-reactive ketones (excluding diaryl/α,β-unsaturated/α-hetero) is 1. The van der Waals surface area contributed by atoms with Crippen LogP contribution >= 0.6 is 0 Å². The van der Waals surface area contributed by atoms with Gasteiger partial charge in [0, 0.05) is 6.42 Å². The molecule has 2 unspecified atom stereocenters. The third kappa shape index (κ3) is 1.57. The van der Waals surface area contributed by atoms with Crippen molar-refractivity contribution in [3.63, 3.8) is 0 Å². The highest BCUT2D eigenvalue weighted by atomic mass is 32.2. The Morgan fingerprint density at radius 3 is 2.60 bits per heavy atom. The molecule has 0 spiro atoms. The third-order valence-corrected chi connectivity index (χ3v) is 5.37. The highest BCUT2D eigenvalue weighted by Crippen LogP contribution is 2.45. The van der Waals surface area contributed by atoms with Crippen LogP contribution in [0.1, 0.15) is 25.7 Å². The molecule has 1 saturated heterocycles. The molecule has 1 heterocycles. The van der Waals surface area contributed by atoms with E-state index in [1.54, 1.807) is 0 Å². The van der Waals surface area contributed by atoms with Crippen LogP contribution < -0.4 is 0 Å². The Bertz CT molecular complexity index is 434. The van der Waals surface area contributed by atoms with E-state index in [1.165, 1.54) is 0 Å². The molecule has 15 heavy (non-hydrogen) atoms.